The fourth-order valence-electron chi connectivity index (χ4n) is 8.30. The molecule has 5 nitrogen and oxygen atoms in total. The van der Waals surface area contributed by atoms with E-state index in [1.165, 1.54) is 21.5 Å². The minimum atomic E-state index is 0.846. The number of aromatic nitrogens is 3. The highest BCUT2D eigenvalue weighted by Gasteiger charge is 2.23. The van der Waals surface area contributed by atoms with Crippen molar-refractivity contribution in [2.45, 2.75) is 0 Å². The number of para-hydroxylation sites is 3. The zero-order valence-electron chi connectivity index (χ0n) is 26.6. The van der Waals surface area contributed by atoms with Gasteiger partial charge in [-0.2, -0.15) is 0 Å². The summed E-state index contributed by atoms with van der Waals surface area (Å²) in [5, 5.41) is 9.32. The van der Waals surface area contributed by atoms with Crippen molar-refractivity contribution in [2.24, 2.45) is 0 Å². The third-order valence-electron chi connectivity index (χ3n) is 10.5. The second kappa shape index (κ2) is 9.40. The van der Waals surface area contributed by atoms with Gasteiger partial charge in [-0.1, -0.05) is 97.1 Å². The fourth-order valence-corrected chi connectivity index (χ4v) is 8.30. The molecule has 4 aromatic heterocycles. The lowest BCUT2D eigenvalue weighted by Crippen LogP contribution is -1.95. The molecule has 4 heterocycles. The van der Waals surface area contributed by atoms with Crippen molar-refractivity contribution in [3.05, 3.63) is 152 Å². The Morgan fingerprint density at radius 3 is 2.08 bits per heavy atom. The molecule has 0 unspecified atom stereocenters. The highest BCUT2D eigenvalue weighted by Crippen LogP contribution is 2.44. The second-order valence-corrected chi connectivity index (χ2v) is 13.1. The number of hydrogen-bond donors (Lipinski definition) is 0. The van der Waals surface area contributed by atoms with Crippen LogP contribution in [0.15, 0.2) is 160 Å². The average Bonchev–Trinajstić information content (AvgIpc) is 3.93. The Kier molecular flexibility index (Phi) is 4.91. The van der Waals surface area contributed by atoms with E-state index in [4.69, 9.17) is 13.8 Å². The van der Waals surface area contributed by atoms with E-state index < -0.39 is 0 Å². The predicted molar refractivity (Wildman–Crippen MR) is 205 cm³/mol. The van der Waals surface area contributed by atoms with Crippen LogP contribution < -0.4 is 0 Å². The van der Waals surface area contributed by atoms with E-state index in [9.17, 15) is 0 Å². The summed E-state index contributed by atoms with van der Waals surface area (Å²) in [5.74, 6) is 0.846. The summed E-state index contributed by atoms with van der Waals surface area (Å²) < 4.78 is 17.8. The van der Waals surface area contributed by atoms with Gasteiger partial charge in [0.1, 0.15) is 22.3 Å². The van der Waals surface area contributed by atoms with Crippen molar-refractivity contribution in [3.8, 4) is 16.8 Å². The Morgan fingerprint density at radius 1 is 0.480 bits per heavy atom. The number of hydrogen-bond acceptors (Lipinski definition) is 3. The molecule has 0 radical (unpaired) electrons. The van der Waals surface area contributed by atoms with Gasteiger partial charge in [0.05, 0.1) is 16.6 Å². The van der Waals surface area contributed by atoms with E-state index in [2.05, 4.69) is 142 Å². The van der Waals surface area contributed by atoms with Crippen LogP contribution in [-0.2, 0) is 0 Å². The Hall–Kier alpha value is -6.85. The molecule has 0 N–H and O–H groups in total. The summed E-state index contributed by atoms with van der Waals surface area (Å²) in [7, 11) is 0. The molecule has 0 atom stereocenters. The van der Waals surface area contributed by atoms with Gasteiger partial charge in [-0.15, -0.1) is 0 Å². The monoisotopic (exact) mass is 639 g/mol. The van der Waals surface area contributed by atoms with Crippen molar-refractivity contribution in [1.29, 1.82) is 0 Å². The molecular formula is C45H25N3O2. The normalized spacial score (nSPS) is 12.4. The van der Waals surface area contributed by atoms with Crippen molar-refractivity contribution < 1.29 is 8.83 Å². The van der Waals surface area contributed by atoms with Crippen LogP contribution in [0.25, 0.3) is 110 Å². The van der Waals surface area contributed by atoms with Crippen molar-refractivity contribution in [2.75, 3.05) is 0 Å². The van der Waals surface area contributed by atoms with E-state index >= 15 is 0 Å². The van der Waals surface area contributed by atoms with Gasteiger partial charge in [0, 0.05) is 32.8 Å². The molecule has 8 aromatic carbocycles. The van der Waals surface area contributed by atoms with E-state index in [0.717, 1.165) is 88.5 Å². The minimum absolute atomic E-state index is 0.846. The lowest BCUT2D eigenvalue weighted by atomic mass is 9.95. The molecule has 12 rings (SSSR count). The molecule has 0 bridgehead atoms. The zero-order valence-corrected chi connectivity index (χ0v) is 26.6. The molecule has 5 heteroatoms. The van der Waals surface area contributed by atoms with Crippen LogP contribution in [0.1, 0.15) is 0 Å². The third-order valence-corrected chi connectivity index (χ3v) is 10.5. The van der Waals surface area contributed by atoms with Gasteiger partial charge in [-0.05, 0) is 81.7 Å². The van der Waals surface area contributed by atoms with Crippen molar-refractivity contribution in [3.63, 3.8) is 0 Å². The van der Waals surface area contributed by atoms with E-state index in [1.54, 1.807) is 0 Å². The maximum absolute atomic E-state index is 6.74. The smallest absolute Gasteiger partial charge is 0.220 e. The Bertz CT molecular complexity index is 3370. The summed E-state index contributed by atoms with van der Waals surface area (Å²) in [6.45, 7) is 0. The standard InChI is InChI=1S/C45H25N3O2/c1-3-11-30-26(9-1)19-24-39-40(30)41-31-12-4-2-10-28(31)25-34(43(41)50-39)27-17-20-29(21-18-27)47-37-23-22-33-32-13-5-8-16-38(32)49-44(33)42(37)48-36-15-7-6-14-35(36)46-45(47)48/h1-25H. The Balaban J connectivity index is 1.12. The van der Waals surface area contributed by atoms with Crippen molar-refractivity contribution >= 4 is 93.3 Å². The van der Waals surface area contributed by atoms with Crippen LogP contribution in [0.5, 0.6) is 0 Å². The maximum atomic E-state index is 6.74. The van der Waals surface area contributed by atoms with Gasteiger partial charge >= 0.3 is 0 Å². The summed E-state index contributed by atoms with van der Waals surface area (Å²) in [5.41, 5.74) is 10.8. The average molecular weight is 640 g/mol. The first kappa shape index (κ1) is 26.1. The van der Waals surface area contributed by atoms with E-state index in [-0.39, 0.29) is 0 Å². The molecular weight excluding hydrogens is 615 g/mol. The molecule has 0 aliphatic rings. The third kappa shape index (κ3) is 3.33. The topological polar surface area (TPSA) is 48.5 Å². The highest BCUT2D eigenvalue weighted by molar-refractivity contribution is 6.28. The first-order valence-electron chi connectivity index (χ1n) is 16.9. The molecule has 50 heavy (non-hydrogen) atoms. The lowest BCUT2D eigenvalue weighted by Gasteiger charge is -2.10. The van der Waals surface area contributed by atoms with Crippen LogP contribution in [-0.4, -0.2) is 14.0 Å². The van der Waals surface area contributed by atoms with Gasteiger partial charge in [0.15, 0.2) is 5.58 Å². The number of benzene rings is 8. The second-order valence-electron chi connectivity index (χ2n) is 13.1. The first-order chi connectivity index (χ1) is 24.8. The lowest BCUT2D eigenvalue weighted by molar-refractivity contribution is 0.670. The molecule has 0 saturated carbocycles. The number of fused-ring (bicyclic) bond motifs is 16. The van der Waals surface area contributed by atoms with Crippen LogP contribution in [0.2, 0.25) is 0 Å². The number of imidazole rings is 2. The molecule has 0 fully saturated rings. The van der Waals surface area contributed by atoms with Gasteiger partial charge in [0.2, 0.25) is 5.78 Å². The SMILES string of the molecule is c1ccc2c(c1)ccc1oc3c(-c4ccc(-n5c6ccc7c8ccccc8oc7c6n6c7ccccc7nc56)cc4)cc4ccccc4c3c12. The molecule has 232 valence electrons. The Labute approximate surface area is 283 Å². The number of nitrogens with zero attached hydrogens (tertiary/aromatic N) is 3. The quantitative estimate of drug-likeness (QED) is 0.189. The number of rotatable bonds is 2. The van der Waals surface area contributed by atoms with Crippen LogP contribution in [0.3, 0.4) is 0 Å². The minimum Gasteiger partial charge on any atom is -0.455 e. The van der Waals surface area contributed by atoms with Gasteiger partial charge in [-0.3, -0.25) is 8.97 Å². The van der Waals surface area contributed by atoms with Gasteiger partial charge in [0.25, 0.3) is 0 Å². The summed E-state index contributed by atoms with van der Waals surface area (Å²) in [6, 6.07) is 53.4. The van der Waals surface area contributed by atoms with E-state index in [0.29, 0.717) is 0 Å². The molecule has 0 aliphatic heterocycles. The molecule has 0 aliphatic carbocycles. The van der Waals surface area contributed by atoms with Gasteiger partial charge < -0.3 is 8.83 Å². The summed E-state index contributed by atoms with van der Waals surface area (Å²) in [4.78, 5) is 5.16. The molecule has 0 amide bonds. The largest absolute Gasteiger partial charge is 0.455 e. The Morgan fingerprint density at radius 2 is 1.20 bits per heavy atom. The van der Waals surface area contributed by atoms with Crippen molar-refractivity contribution in [1.82, 2.24) is 14.0 Å². The zero-order chi connectivity index (χ0) is 32.5. The van der Waals surface area contributed by atoms with Crippen LogP contribution >= 0.6 is 0 Å². The maximum Gasteiger partial charge on any atom is 0.220 e. The van der Waals surface area contributed by atoms with Gasteiger partial charge in [-0.25, -0.2) is 4.98 Å². The summed E-state index contributed by atoms with van der Waals surface area (Å²) in [6.07, 6.45) is 0. The number of furan rings is 2. The highest BCUT2D eigenvalue weighted by atomic mass is 16.3. The predicted octanol–water partition coefficient (Wildman–Crippen LogP) is 12.2. The molecule has 0 spiro atoms. The van der Waals surface area contributed by atoms with Crippen LogP contribution in [0.4, 0.5) is 0 Å². The first-order valence-corrected chi connectivity index (χ1v) is 16.9. The van der Waals surface area contributed by atoms with Crippen LogP contribution in [0, 0.1) is 0 Å². The fraction of sp³-hybridized carbons (Fsp3) is 0. The van der Waals surface area contributed by atoms with E-state index in [1.807, 2.05) is 18.2 Å². The summed E-state index contributed by atoms with van der Waals surface area (Å²) >= 11 is 0. The molecule has 12 aromatic rings. The molecule has 0 saturated heterocycles.